The van der Waals surface area contributed by atoms with Gasteiger partial charge >= 0.3 is 11.8 Å². The van der Waals surface area contributed by atoms with Crippen LogP contribution in [0.1, 0.15) is 29.2 Å². The van der Waals surface area contributed by atoms with Crippen molar-refractivity contribution in [1.82, 2.24) is 5.43 Å². The van der Waals surface area contributed by atoms with E-state index in [9.17, 15) is 18.8 Å². The topological polar surface area (TPSA) is 118 Å². The molecule has 0 aliphatic carbocycles. The van der Waals surface area contributed by atoms with Crippen molar-refractivity contribution < 1.29 is 28.2 Å². The molecule has 0 aromatic heterocycles. The second kappa shape index (κ2) is 13.0. The van der Waals surface area contributed by atoms with Crippen LogP contribution in [0.2, 0.25) is 0 Å². The Morgan fingerprint density at radius 3 is 2.21 bits per heavy atom. The average molecular weight is 521 g/mol. The molecule has 0 atom stereocenters. The molecule has 0 fully saturated rings. The number of anilines is 2. The summed E-state index contributed by atoms with van der Waals surface area (Å²) in [5, 5.41) is 9.01. The molecule has 0 heterocycles. The lowest BCUT2D eigenvalue weighted by Gasteiger charge is -2.15. The molecule has 0 bridgehead atoms. The van der Waals surface area contributed by atoms with Crippen LogP contribution in [0.3, 0.4) is 0 Å². The summed E-state index contributed by atoms with van der Waals surface area (Å²) in [5.74, 6) is -1.99. The molecule has 0 spiro atoms. The van der Waals surface area contributed by atoms with Crippen molar-refractivity contribution in [1.29, 1.82) is 0 Å². The summed E-state index contributed by atoms with van der Waals surface area (Å²) in [6, 6.07) is 13.9. The molecule has 3 aromatic carbocycles. The monoisotopic (exact) mass is 520 g/mol. The number of ether oxygens (including phenoxy) is 2. The number of carbonyl (C=O) groups excluding carboxylic acids is 3. The highest BCUT2D eigenvalue weighted by Crippen LogP contribution is 2.28. The SMILES string of the molecule is CCOc1cc(/C=N\NC(=O)C(=O)Nc2ccc(F)cc2)ccc1OCC(=O)Nc1c(C)cc(C)cc1C. The number of hydrogen-bond acceptors (Lipinski definition) is 6. The van der Waals surface area contributed by atoms with Gasteiger partial charge < -0.3 is 20.1 Å². The zero-order valence-electron chi connectivity index (χ0n) is 21.6. The van der Waals surface area contributed by atoms with E-state index in [-0.39, 0.29) is 18.2 Å². The van der Waals surface area contributed by atoms with Gasteiger partial charge in [0.15, 0.2) is 18.1 Å². The number of hydrazone groups is 1. The third kappa shape index (κ3) is 7.89. The molecule has 0 radical (unpaired) electrons. The second-order valence-corrected chi connectivity index (χ2v) is 8.41. The number of aryl methyl sites for hydroxylation is 3. The molecule has 0 unspecified atom stereocenters. The molecule has 0 aliphatic rings. The van der Waals surface area contributed by atoms with E-state index in [1.165, 1.54) is 18.3 Å². The standard InChI is InChI=1S/C28H29FN4O5/c1-5-37-24-14-20(15-30-33-28(36)27(35)31-22-9-7-21(29)8-10-22)6-11-23(24)38-16-25(34)32-26-18(3)12-17(2)13-19(26)4/h6-15H,5,16H2,1-4H3,(H,31,35)(H,32,34)(H,33,36)/b30-15-. The van der Waals surface area contributed by atoms with Crippen LogP contribution in [0.15, 0.2) is 59.7 Å². The number of carbonyl (C=O) groups is 3. The normalized spacial score (nSPS) is 10.7. The van der Waals surface area contributed by atoms with E-state index in [1.807, 2.05) is 32.9 Å². The molecule has 3 rings (SSSR count). The number of amides is 3. The Morgan fingerprint density at radius 2 is 1.55 bits per heavy atom. The molecule has 9 nitrogen and oxygen atoms in total. The smallest absolute Gasteiger partial charge is 0.329 e. The Bertz CT molecular complexity index is 1330. The van der Waals surface area contributed by atoms with Crippen LogP contribution in [0.5, 0.6) is 11.5 Å². The van der Waals surface area contributed by atoms with Crippen molar-refractivity contribution in [3.8, 4) is 11.5 Å². The lowest BCUT2D eigenvalue weighted by Crippen LogP contribution is -2.32. The highest BCUT2D eigenvalue weighted by atomic mass is 19.1. The summed E-state index contributed by atoms with van der Waals surface area (Å²) in [4.78, 5) is 36.4. The molecule has 3 N–H and O–H groups in total. The summed E-state index contributed by atoms with van der Waals surface area (Å²) < 4.78 is 24.3. The maximum Gasteiger partial charge on any atom is 0.329 e. The molecule has 0 aliphatic heterocycles. The van der Waals surface area contributed by atoms with Gasteiger partial charge in [0.05, 0.1) is 12.8 Å². The first kappa shape index (κ1) is 27.9. The van der Waals surface area contributed by atoms with Gasteiger partial charge in [0.2, 0.25) is 0 Å². The van der Waals surface area contributed by atoms with E-state index in [0.29, 0.717) is 23.7 Å². The van der Waals surface area contributed by atoms with Crippen LogP contribution in [0.4, 0.5) is 15.8 Å². The highest BCUT2D eigenvalue weighted by molar-refractivity contribution is 6.39. The molecular weight excluding hydrogens is 491 g/mol. The highest BCUT2D eigenvalue weighted by Gasteiger charge is 2.14. The fourth-order valence-corrected chi connectivity index (χ4v) is 3.63. The van der Waals surface area contributed by atoms with E-state index in [0.717, 1.165) is 34.5 Å². The molecule has 0 saturated heterocycles. The van der Waals surface area contributed by atoms with Crippen LogP contribution < -0.4 is 25.5 Å². The van der Waals surface area contributed by atoms with E-state index >= 15 is 0 Å². The van der Waals surface area contributed by atoms with Crippen LogP contribution >= 0.6 is 0 Å². The molecule has 10 heteroatoms. The molecular formula is C28H29FN4O5. The summed E-state index contributed by atoms with van der Waals surface area (Å²) >= 11 is 0. The van der Waals surface area contributed by atoms with Crippen molar-refractivity contribution in [2.45, 2.75) is 27.7 Å². The fraction of sp³-hybridized carbons (Fsp3) is 0.214. The van der Waals surface area contributed by atoms with Crippen molar-refractivity contribution in [2.24, 2.45) is 5.10 Å². The summed E-state index contributed by atoms with van der Waals surface area (Å²) in [7, 11) is 0. The number of nitrogens with zero attached hydrogens (tertiary/aromatic N) is 1. The van der Waals surface area contributed by atoms with Gasteiger partial charge in [-0.15, -0.1) is 0 Å². The van der Waals surface area contributed by atoms with Gasteiger partial charge in [-0.05, 0) is 86.8 Å². The first-order chi connectivity index (χ1) is 18.2. The largest absolute Gasteiger partial charge is 0.490 e. The maximum absolute atomic E-state index is 13.0. The Morgan fingerprint density at radius 1 is 0.868 bits per heavy atom. The van der Waals surface area contributed by atoms with Gasteiger partial charge in [0.1, 0.15) is 5.82 Å². The fourth-order valence-electron chi connectivity index (χ4n) is 3.63. The van der Waals surface area contributed by atoms with Crippen LogP contribution in [-0.2, 0) is 14.4 Å². The Labute approximate surface area is 220 Å². The molecule has 3 amide bonds. The summed E-state index contributed by atoms with van der Waals surface area (Å²) in [6.45, 7) is 7.80. The van der Waals surface area contributed by atoms with Crippen LogP contribution in [-0.4, -0.2) is 37.1 Å². The Hall–Kier alpha value is -4.73. The minimum Gasteiger partial charge on any atom is -0.490 e. The van der Waals surface area contributed by atoms with Gasteiger partial charge in [-0.1, -0.05) is 17.7 Å². The molecule has 0 saturated carbocycles. The van der Waals surface area contributed by atoms with Gasteiger partial charge in [-0.3, -0.25) is 14.4 Å². The van der Waals surface area contributed by atoms with Crippen LogP contribution in [0.25, 0.3) is 0 Å². The van der Waals surface area contributed by atoms with Gasteiger partial charge in [-0.25, -0.2) is 9.82 Å². The third-order valence-corrected chi connectivity index (χ3v) is 5.26. The third-order valence-electron chi connectivity index (χ3n) is 5.26. The van der Waals surface area contributed by atoms with E-state index < -0.39 is 17.6 Å². The second-order valence-electron chi connectivity index (χ2n) is 8.41. The molecule has 3 aromatic rings. The van der Waals surface area contributed by atoms with E-state index in [2.05, 4.69) is 21.2 Å². The van der Waals surface area contributed by atoms with Crippen molar-refractivity contribution in [3.05, 3.63) is 82.7 Å². The van der Waals surface area contributed by atoms with Crippen molar-refractivity contribution >= 4 is 35.3 Å². The lowest BCUT2D eigenvalue weighted by atomic mass is 10.1. The Kier molecular flexibility index (Phi) is 9.53. The minimum absolute atomic E-state index is 0.223. The number of hydrogen-bond donors (Lipinski definition) is 3. The number of halogens is 1. The summed E-state index contributed by atoms with van der Waals surface area (Å²) in [5.41, 5.74) is 6.75. The quantitative estimate of drug-likeness (QED) is 0.221. The predicted octanol–water partition coefficient (Wildman–Crippen LogP) is 4.26. The van der Waals surface area contributed by atoms with Gasteiger partial charge in [-0.2, -0.15) is 5.10 Å². The van der Waals surface area contributed by atoms with Gasteiger partial charge in [0.25, 0.3) is 5.91 Å². The number of nitrogens with one attached hydrogen (secondary N) is 3. The van der Waals surface area contributed by atoms with Crippen molar-refractivity contribution in [3.63, 3.8) is 0 Å². The molecule has 198 valence electrons. The van der Waals surface area contributed by atoms with Crippen LogP contribution in [0, 0.1) is 26.6 Å². The lowest BCUT2D eigenvalue weighted by molar-refractivity contribution is -0.136. The van der Waals surface area contributed by atoms with Gasteiger partial charge in [0, 0.05) is 11.4 Å². The number of rotatable bonds is 9. The summed E-state index contributed by atoms with van der Waals surface area (Å²) in [6.07, 6.45) is 1.32. The average Bonchev–Trinajstić information content (AvgIpc) is 2.87. The van der Waals surface area contributed by atoms with Crippen molar-refractivity contribution in [2.75, 3.05) is 23.8 Å². The molecule has 38 heavy (non-hydrogen) atoms. The van der Waals surface area contributed by atoms with E-state index in [4.69, 9.17) is 9.47 Å². The minimum atomic E-state index is -0.999. The van der Waals surface area contributed by atoms with E-state index in [1.54, 1.807) is 25.1 Å². The number of benzene rings is 3. The first-order valence-electron chi connectivity index (χ1n) is 11.8. The maximum atomic E-state index is 13.0. The Balaban J connectivity index is 1.58. The zero-order chi connectivity index (χ0) is 27.7. The first-order valence-corrected chi connectivity index (χ1v) is 11.8. The zero-order valence-corrected chi connectivity index (χ0v) is 21.6. The predicted molar refractivity (Wildman–Crippen MR) is 143 cm³/mol.